The summed E-state index contributed by atoms with van der Waals surface area (Å²) >= 11 is 0. The number of pyridine rings is 1. The third-order valence-corrected chi connectivity index (χ3v) is 4.51. The summed E-state index contributed by atoms with van der Waals surface area (Å²) in [6.45, 7) is 0.766. The molecule has 132 valence electrons. The second kappa shape index (κ2) is 7.00. The highest BCUT2D eigenvalue weighted by atomic mass is 16.5. The Morgan fingerprint density at radius 3 is 3.00 bits per heavy atom. The minimum absolute atomic E-state index is 0.0406. The fourth-order valence-corrected chi connectivity index (χ4v) is 3.15. The minimum atomic E-state index is -0.185. The van der Waals surface area contributed by atoms with Crippen molar-refractivity contribution in [2.75, 3.05) is 13.7 Å². The van der Waals surface area contributed by atoms with Crippen molar-refractivity contribution < 1.29 is 14.1 Å². The van der Waals surface area contributed by atoms with Gasteiger partial charge in [-0.15, -0.1) is 0 Å². The van der Waals surface area contributed by atoms with E-state index in [0.717, 1.165) is 16.9 Å². The molecule has 0 saturated heterocycles. The van der Waals surface area contributed by atoms with Gasteiger partial charge < -0.3 is 14.2 Å². The van der Waals surface area contributed by atoms with Crippen molar-refractivity contribution in [2.24, 2.45) is 5.92 Å². The van der Waals surface area contributed by atoms with Gasteiger partial charge in [0.15, 0.2) is 5.76 Å². The summed E-state index contributed by atoms with van der Waals surface area (Å²) in [4.78, 5) is 18.5. The number of para-hydroxylation sites is 1. The lowest BCUT2D eigenvalue weighted by Crippen LogP contribution is -2.38. The first-order chi connectivity index (χ1) is 12.7. The number of ether oxygens (including phenoxy) is 1. The highest BCUT2D eigenvalue weighted by Crippen LogP contribution is 2.28. The second-order valence-electron chi connectivity index (χ2n) is 6.43. The lowest BCUT2D eigenvalue weighted by atomic mass is 9.95. The quantitative estimate of drug-likeness (QED) is 0.724. The zero-order valence-corrected chi connectivity index (χ0v) is 14.5. The Morgan fingerprint density at radius 1 is 1.27 bits per heavy atom. The molecule has 0 bridgehead atoms. The molecule has 3 aromatic rings. The number of benzene rings is 1. The highest BCUT2D eigenvalue weighted by Gasteiger charge is 2.28. The van der Waals surface area contributed by atoms with Crippen molar-refractivity contribution >= 4 is 5.91 Å². The maximum absolute atomic E-state index is 12.8. The van der Waals surface area contributed by atoms with Gasteiger partial charge in [-0.05, 0) is 30.2 Å². The number of aromatic nitrogens is 2. The van der Waals surface area contributed by atoms with E-state index in [2.05, 4.69) is 10.1 Å². The molecule has 1 aliphatic heterocycles. The zero-order valence-electron chi connectivity index (χ0n) is 14.5. The molecule has 1 atom stereocenters. The molecule has 1 aromatic carbocycles. The zero-order chi connectivity index (χ0) is 17.9. The number of carbonyl (C=O) groups excluding carboxylic acids is 1. The molecule has 6 nitrogen and oxygen atoms in total. The predicted molar refractivity (Wildman–Crippen MR) is 95.3 cm³/mol. The van der Waals surface area contributed by atoms with E-state index in [1.165, 1.54) is 0 Å². The first-order valence-electron chi connectivity index (χ1n) is 8.52. The Balaban J connectivity index is 1.42. The summed E-state index contributed by atoms with van der Waals surface area (Å²) in [6, 6.07) is 13.5. The molecule has 0 spiro atoms. The summed E-state index contributed by atoms with van der Waals surface area (Å²) in [5.74, 6) is 1.36. The third kappa shape index (κ3) is 3.31. The van der Waals surface area contributed by atoms with E-state index < -0.39 is 0 Å². The molecule has 1 aliphatic rings. The number of fused-ring (bicyclic) bond motifs is 1. The number of carbonyl (C=O) groups is 1. The van der Waals surface area contributed by atoms with Gasteiger partial charge in [0.25, 0.3) is 0 Å². The molecule has 0 aliphatic carbocycles. The average molecular weight is 349 g/mol. The summed E-state index contributed by atoms with van der Waals surface area (Å²) in [5, 5.41) is 4.06. The monoisotopic (exact) mass is 349 g/mol. The van der Waals surface area contributed by atoms with Crippen molar-refractivity contribution in [3.8, 4) is 17.0 Å². The lowest BCUT2D eigenvalue weighted by molar-refractivity contribution is -0.136. The van der Waals surface area contributed by atoms with Crippen LogP contribution < -0.4 is 4.74 Å². The van der Waals surface area contributed by atoms with Gasteiger partial charge in [-0.3, -0.25) is 9.78 Å². The maximum atomic E-state index is 12.8. The van der Waals surface area contributed by atoms with Crippen LogP contribution in [0.2, 0.25) is 0 Å². The Labute approximate surface area is 151 Å². The minimum Gasteiger partial charge on any atom is -0.492 e. The van der Waals surface area contributed by atoms with Gasteiger partial charge in [-0.1, -0.05) is 23.4 Å². The first-order valence-corrected chi connectivity index (χ1v) is 8.52. The van der Waals surface area contributed by atoms with E-state index in [1.54, 1.807) is 24.3 Å². The van der Waals surface area contributed by atoms with Crippen LogP contribution in [0.4, 0.5) is 0 Å². The molecule has 0 radical (unpaired) electrons. The van der Waals surface area contributed by atoms with Crippen molar-refractivity contribution in [3.05, 3.63) is 66.2 Å². The molecule has 6 heteroatoms. The van der Waals surface area contributed by atoms with Crippen LogP contribution in [0.15, 0.2) is 59.4 Å². The molecule has 2 aromatic heterocycles. The van der Waals surface area contributed by atoms with E-state index in [-0.39, 0.29) is 11.8 Å². The summed E-state index contributed by atoms with van der Waals surface area (Å²) in [6.07, 6.45) is 4.13. The molecule has 0 N–H and O–H groups in total. The molecule has 26 heavy (non-hydrogen) atoms. The summed E-state index contributed by atoms with van der Waals surface area (Å²) < 4.78 is 11.1. The summed E-state index contributed by atoms with van der Waals surface area (Å²) in [5.41, 5.74) is 2.67. The number of amides is 1. The van der Waals surface area contributed by atoms with Crippen molar-refractivity contribution in [3.63, 3.8) is 0 Å². The standard InChI is InChI=1S/C20H19N3O3/c1-23(12-17-10-18(22-26-17)15-6-4-8-21-11-15)20(24)16-9-14-5-2-3-7-19(14)25-13-16/h2-8,10-11,16H,9,12-13H2,1H3/t16-/m0/s1. The van der Waals surface area contributed by atoms with Crippen LogP contribution in [-0.4, -0.2) is 34.6 Å². The average Bonchev–Trinajstić information content (AvgIpc) is 3.16. The summed E-state index contributed by atoms with van der Waals surface area (Å²) in [7, 11) is 1.77. The van der Waals surface area contributed by atoms with Crippen LogP contribution in [0.5, 0.6) is 5.75 Å². The van der Waals surface area contributed by atoms with Crippen molar-refractivity contribution in [1.82, 2.24) is 15.0 Å². The maximum Gasteiger partial charge on any atom is 0.229 e. The van der Waals surface area contributed by atoms with E-state index >= 15 is 0 Å². The molecule has 1 amide bonds. The van der Waals surface area contributed by atoms with Crippen LogP contribution in [-0.2, 0) is 17.8 Å². The molecule has 0 unspecified atom stereocenters. The predicted octanol–water partition coefficient (Wildman–Crippen LogP) is 2.95. The number of hydrogen-bond acceptors (Lipinski definition) is 5. The van der Waals surface area contributed by atoms with Crippen LogP contribution in [0.25, 0.3) is 11.3 Å². The van der Waals surface area contributed by atoms with Gasteiger partial charge in [0.05, 0.1) is 12.5 Å². The van der Waals surface area contributed by atoms with Crippen LogP contribution >= 0.6 is 0 Å². The van der Waals surface area contributed by atoms with Gasteiger partial charge in [0.2, 0.25) is 5.91 Å². The molecule has 0 saturated carbocycles. The Kier molecular flexibility index (Phi) is 4.39. The van der Waals surface area contributed by atoms with E-state index in [0.29, 0.717) is 31.0 Å². The fraction of sp³-hybridized carbons (Fsp3) is 0.250. The highest BCUT2D eigenvalue weighted by molar-refractivity contribution is 5.79. The number of nitrogens with zero attached hydrogens (tertiary/aromatic N) is 3. The number of hydrogen-bond donors (Lipinski definition) is 0. The van der Waals surface area contributed by atoms with E-state index in [1.807, 2.05) is 42.5 Å². The topological polar surface area (TPSA) is 68.5 Å². The first kappa shape index (κ1) is 16.3. The van der Waals surface area contributed by atoms with Gasteiger partial charge in [0.1, 0.15) is 18.1 Å². The normalized spacial score (nSPS) is 15.8. The largest absolute Gasteiger partial charge is 0.492 e. The van der Waals surface area contributed by atoms with Gasteiger partial charge in [-0.25, -0.2) is 0 Å². The molecule has 0 fully saturated rings. The number of rotatable bonds is 4. The van der Waals surface area contributed by atoms with Gasteiger partial charge in [0, 0.05) is 31.1 Å². The second-order valence-corrected chi connectivity index (χ2v) is 6.43. The smallest absolute Gasteiger partial charge is 0.229 e. The Bertz CT molecular complexity index is 907. The molecular weight excluding hydrogens is 330 g/mol. The van der Waals surface area contributed by atoms with Crippen molar-refractivity contribution in [1.29, 1.82) is 0 Å². The fourth-order valence-electron chi connectivity index (χ4n) is 3.15. The van der Waals surface area contributed by atoms with E-state index in [4.69, 9.17) is 9.26 Å². The Hall–Kier alpha value is -3.15. The van der Waals surface area contributed by atoms with Gasteiger partial charge in [-0.2, -0.15) is 0 Å². The van der Waals surface area contributed by atoms with Crippen LogP contribution in [0.3, 0.4) is 0 Å². The van der Waals surface area contributed by atoms with Crippen LogP contribution in [0.1, 0.15) is 11.3 Å². The van der Waals surface area contributed by atoms with E-state index in [9.17, 15) is 4.79 Å². The molecule has 3 heterocycles. The SMILES string of the molecule is CN(Cc1cc(-c2cccnc2)no1)C(=O)[C@@H]1COc2ccccc2C1. The lowest BCUT2D eigenvalue weighted by Gasteiger charge is -2.27. The third-order valence-electron chi connectivity index (χ3n) is 4.51. The molecular formula is C20H19N3O3. The van der Waals surface area contributed by atoms with Crippen molar-refractivity contribution in [2.45, 2.75) is 13.0 Å². The van der Waals surface area contributed by atoms with Gasteiger partial charge >= 0.3 is 0 Å². The Morgan fingerprint density at radius 2 is 2.15 bits per heavy atom. The van der Waals surface area contributed by atoms with Crippen LogP contribution in [0, 0.1) is 5.92 Å². The molecule has 4 rings (SSSR count).